The van der Waals surface area contributed by atoms with E-state index >= 15 is 0 Å². The normalized spacial score (nSPS) is 17.0. The fourth-order valence-corrected chi connectivity index (χ4v) is 3.35. The Morgan fingerprint density at radius 2 is 1.96 bits per heavy atom. The third kappa shape index (κ3) is 6.20. The first-order valence-electron chi connectivity index (χ1n) is 9.45. The average Bonchev–Trinajstić information content (AvgIpc) is 2.67. The highest BCUT2D eigenvalue weighted by molar-refractivity contribution is 5.51. The fourth-order valence-electron chi connectivity index (χ4n) is 3.35. The molecular formula is C21H28FN3O2. The number of piperidine rings is 1. The lowest BCUT2D eigenvalue weighted by Crippen LogP contribution is -2.45. The molecule has 1 atom stereocenters. The van der Waals surface area contributed by atoms with Gasteiger partial charge in [0.05, 0.1) is 5.69 Å². The summed E-state index contributed by atoms with van der Waals surface area (Å²) in [4.78, 5) is 2.34. The lowest BCUT2D eigenvalue weighted by Gasteiger charge is -2.33. The van der Waals surface area contributed by atoms with Crippen molar-refractivity contribution in [1.82, 2.24) is 10.2 Å². The third-order valence-corrected chi connectivity index (χ3v) is 4.88. The van der Waals surface area contributed by atoms with Crippen LogP contribution in [0.1, 0.15) is 18.4 Å². The number of para-hydroxylation sites is 2. The van der Waals surface area contributed by atoms with E-state index < -0.39 is 6.10 Å². The number of aliphatic hydroxyl groups is 1. The van der Waals surface area contributed by atoms with Gasteiger partial charge in [0.2, 0.25) is 0 Å². The summed E-state index contributed by atoms with van der Waals surface area (Å²) < 4.78 is 18.9. The average molecular weight is 373 g/mol. The van der Waals surface area contributed by atoms with E-state index in [1.165, 1.54) is 6.07 Å². The van der Waals surface area contributed by atoms with Crippen LogP contribution in [0, 0.1) is 5.82 Å². The van der Waals surface area contributed by atoms with E-state index in [-0.39, 0.29) is 12.4 Å². The number of likely N-dealkylation sites (tertiary alicyclic amines) is 1. The highest BCUT2D eigenvalue weighted by Gasteiger charge is 2.20. The van der Waals surface area contributed by atoms with Crippen LogP contribution < -0.4 is 15.8 Å². The van der Waals surface area contributed by atoms with Crippen molar-refractivity contribution in [3.05, 3.63) is 59.9 Å². The lowest BCUT2D eigenvalue weighted by atomic mass is 10.0. The Balaban J connectivity index is 1.34. The number of benzene rings is 2. The number of nitrogen functional groups attached to an aromatic ring is 1. The molecule has 2 aromatic rings. The molecule has 6 heteroatoms. The topological polar surface area (TPSA) is 70.8 Å². The molecule has 1 aliphatic heterocycles. The van der Waals surface area contributed by atoms with E-state index in [4.69, 9.17) is 10.5 Å². The maximum Gasteiger partial charge on any atom is 0.142 e. The summed E-state index contributed by atoms with van der Waals surface area (Å²) in [6.45, 7) is 3.39. The number of rotatable bonds is 8. The highest BCUT2D eigenvalue weighted by atomic mass is 19.1. The van der Waals surface area contributed by atoms with Crippen molar-refractivity contribution in [3.8, 4) is 5.75 Å². The minimum atomic E-state index is -0.588. The molecule has 0 amide bonds. The fraction of sp³-hybridized carbons (Fsp3) is 0.429. The number of nitrogens with two attached hydrogens (primary N) is 1. The second kappa shape index (κ2) is 9.69. The lowest BCUT2D eigenvalue weighted by molar-refractivity contribution is 0.0983. The number of halogens is 1. The van der Waals surface area contributed by atoms with Crippen molar-refractivity contribution in [3.63, 3.8) is 0 Å². The van der Waals surface area contributed by atoms with E-state index in [1.54, 1.807) is 24.3 Å². The molecule has 5 nitrogen and oxygen atoms in total. The molecule has 0 aromatic heterocycles. The van der Waals surface area contributed by atoms with E-state index in [0.29, 0.717) is 24.0 Å². The molecule has 1 aliphatic rings. The van der Waals surface area contributed by atoms with Gasteiger partial charge in [-0.25, -0.2) is 4.39 Å². The number of aliphatic hydroxyl groups excluding tert-OH is 1. The van der Waals surface area contributed by atoms with Crippen LogP contribution in [0.25, 0.3) is 0 Å². The van der Waals surface area contributed by atoms with Gasteiger partial charge in [0.15, 0.2) is 0 Å². The molecule has 0 bridgehead atoms. The Hall–Kier alpha value is -2.15. The van der Waals surface area contributed by atoms with Gasteiger partial charge in [-0.1, -0.05) is 24.3 Å². The predicted octanol–water partition coefficient (Wildman–Crippen LogP) is 2.40. The first-order valence-corrected chi connectivity index (χ1v) is 9.45. The van der Waals surface area contributed by atoms with E-state index in [1.807, 2.05) is 18.2 Å². The molecule has 3 rings (SSSR count). The van der Waals surface area contributed by atoms with Crippen LogP contribution in [-0.2, 0) is 6.54 Å². The Morgan fingerprint density at radius 3 is 2.70 bits per heavy atom. The summed E-state index contributed by atoms with van der Waals surface area (Å²) in [6.07, 6.45) is 1.43. The van der Waals surface area contributed by atoms with E-state index in [9.17, 15) is 9.50 Å². The summed E-state index contributed by atoms with van der Waals surface area (Å²) >= 11 is 0. The maximum absolute atomic E-state index is 13.3. The predicted molar refractivity (Wildman–Crippen MR) is 105 cm³/mol. The number of anilines is 1. The number of nitrogens with one attached hydrogen (secondary N) is 1. The van der Waals surface area contributed by atoms with E-state index in [2.05, 4.69) is 10.2 Å². The van der Waals surface area contributed by atoms with Crippen LogP contribution >= 0.6 is 0 Å². The molecule has 0 spiro atoms. The van der Waals surface area contributed by atoms with Gasteiger partial charge in [-0.15, -0.1) is 0 Å². The Labute approximate surface area is 159 Å². The smallest absolute Gasteiger partial charge is 0.142 e. The van der Waals surface area contributed by atoms with Crippen molar-refractivity contribution in [1.29, 1.82) is 0 Å². The van der Waals surface area contributed by atoms with E-state index in [0.717, 1.165) is 38.0 Å². The summed E-state index contributed by atoms with van der Waals surface area (Å²) in [5.74, 6) is 0.416. The van der Waals surface area contributed by atoms with Crippen LogP contribution in [0.3, 0.4) is 0 Å². The van der Waals surface area contributed by atoms with Crippen molar-refractivity contribution in [2.24, 2.45) is 0 Å². The Morgan fingerprint density at radius 1 is 1.19 bits per heavy atom. The molecule has 0 saturated carbocycles. The Bertz CT molecular complexity index is 720. The first kappa shape index (κ1) is 19.6. The zero-order chi connectivity index (χ0) is 19.1. The van der Waals surface area contributed by atoms with Crippen molar-refractivity contribution < 1.29 is 14.2 Å². The molecule has 2 aromatic carbocycles. The van der Waals surface area contributed by atoms with Crippen LogP contribution in [-0.4, -0.2) is 48.4 Å². The van der Waals surface area contributed by atoms with Gasteiger partial charge in [0.1, 0.15) is 24.3 Å². The number of nitrogens with zero attached hydrogens (tertiary/aromatic N) is 1. The molecule has 1 fully saturated rings. The molecule has 0 radical (unpaired) electrons. The van der Waals surface area contributed by atoms with Crippen molar-refractivity contribution in [2.45, 2.75) is 31.5 Å². The zero-order valence-corrected chi connectivity index (χ0v) is 15.5. The quantitative estimate of drug-likeness (QED) is 0.620. The molecule has 4 N–H and O–H groups in total. The minimum Gasteiger partial charge on any atom is -0.489 e. The Kier molecular flexibility index (Phi) is 7.04. The van der Waals surface area contributed by atoms with Gasteiger partial charge < -0.3 is 20.9 Å². The number of hydrogen-bond acceptors (Lipinski definition) is 5. The molecule has 0 aliphatic carbocycles. The minimum absolute atomic E-state index is 0.183. The highest BCUT2D eigenvalue weighted by Crippen LogP contribution is 2.20. The monoisotopic (exact) mass is 373 g/mol. The third-order valence-electron chi connectivity index (χ3n) is 4.88. The van der Waals surface area contributed by atoms with Gasteiger partial charge >= 0.3 is 0 Å². The van der Waals surface area contributed by atoms with Gasteiger partial charge in [-0.05, 0) is 55.8 Å². The second-order valence-corrected chi connectivity index (χ2v) is 7.09. The molecular weight excluding hydrogens is 345 g/mol. The number of ether oxygens (including phenoxy) is 1. The van der Waals surface area contributed by atoms with Gasteiger partial charge in [0, 0.05) is 19.1 Å². The molecule has 1 saturated heterocycles. The standard InChI is InChI=1S/C21H28FN3O2/c22-17-5-3-4-16(12-17)14-25-10-8-18(9-11-25)24-13-19(26)15-27-21-7-2-1-6-20(21)23/h1-7,12,18-19,24,26H,8-11,13-15,23H2. The van der Waals surface area contributed by atoms with Gasteiger partial charge in [-0.3, -0.25) is 4.90 Å². The summed E-state index contributed by atoms with van der Waals surface area (Å²) in [5, 5.41) is 13.5. The summed E-state index contributed by atoms with van der Waals surface area (Å²) in [6, 6.07) is 14.4. The number of hydrogen-bond donors (Lipinski definition) is 3. The first-order chi connectivity index (χ1) is 13.1. The van der Waals surface area contributed by atoms with Crippen LogP contribution in [0.2, 0.25) is 0 Å². The van der Waals surface area contributed by atoms with Crippen LogP contribution in [0.5, 0.6) is 5.75 Å². The summed E-state index contributed by atoms with van der Waals surface area (Å²) in [7, 11) is 0. The van der Waals surface area contributed by atoms with Crippen LogP contribution in [0.4, 0.5) is 10.1 Å². The van der Waals surface area contributed by atoms with Crippen LogP contribution in [0.15, 0.2) is 48.5 Å². The molecule has 1 unspecified atom stereocenters. The second-order valence-electron chi connectivity index (χ2n) is 7.09. The molecule has 1 heterocycles. The SMILES string of the molecule is Nc1ccccc1OCC(O)CNC1CCN(Cc2cccc(F)c2)CC1. The van der Waals surface area contributed by atoms with Crippen molar-refractivity contribution >= 4 is 5.69 Å². The molecule has 146 valence electrons. The molecule has 27 heavy (non-hydrogen) atoms. The largest absolute Gasteiger partial charge is 0.489 e. The van der Waals surface area contributed by atoms with Gasteiger partial charge in [-0.2, -0.15) is 0 Å². The van der Waals surface area contributed by atoms with Crippen molar-refractivity contribution in [2.75, 3.05) is 32.0 Å². The zero-order valence-electron chi connectivity index (χ0n) is 15.5. The maximum atomic E-state index is 13.3. The summed E-state index contributed by atoms with van der Waals surface area (Å²) in [5.41, 5.74) is 7.41. The van der Waals surface area contributed by atoms with Gasteiger partial charge in [0.25, 0.3) is 0 Å².